The van der Waals surface area contributed by atoms with E-state index in [1.165, 1.54) is 35.1 Å². The summed E-state index contributed by atoms with van der Waals surface area (Å²) >= 11 is 0. The van der Waals surface area contributed by atoms with Crippen molar-refractivity contribution in [2.24, 2.45) is 5.41 Å². The van der Waals surface area contributed by atoms with E-state index in [0.717, 1.165) is 4.90 Å². The number of carbonyl (C=O) groups excluding carboxylic acids is 1. The lowest BCUT2D eigenvalue weighted by molar-refractivity contribution is -0.227. The zero-order valence-electron chi connectivity index (χ0n) is 14.1. The number of aryl methyl sites for hydroxylation is 1. The molecule has 3 rings (SSSR count). The summed E-state index contributed by atoms with van der Waals surface area (Å²) in [5, 5.41) is 13.2. The summed E-state index contributed by atoms with van der Waals surface area (Å²) in [6.45, 7) is 0.255. The lowest BCUT2D eigenvalue weighted by Crippen LogP contribution is -2.47. The summed E-state index contributed by atoms with van der Waals surface area (Å²) in [6, 6.07) is 5.29. The molecular formula is C17H15F4N3O3. The number of hydrogen-bond donors (Lipinski definition) is 1. The number of carbonyl (C=O) groups is 2. The minimum absolute atomic E-state index is 0.0808. The Morgan fingerprint density at radius 3 is 2.37 bits per heavy atom. The number of rotatable bonds is 3. The lowest BCUT2D eigenvalue weighted by Gasteiger charge is -2.27. The second-order valence-corrected chi connectivity index (χ2v) is 6.44. The smallest absolute Gasteiger partial charge is 0.406 e. The van der Waals surface area contributed by atoms with Crippen molar-refractivity contribution >= 4 is 11.9 Å². The molecule has 1 aliphatic heterocycles. The van der Waals surface area contributed by atoms with Gasteiger partial charge in [0.15, 0.2) is 11.1 Å². The van der Waals surface area contributed by atoms with Crippen LogP contribution in [-0.4, -0.2) is 50.9 Å². The summed E-state index contributed by atoms with van der Waals surface area (Å²) < 4.78 is 54.2. The van der Waals surface area contributed by atoms with Gasteiger partial charge < -0.3 is 10.0 Å². The number of amides is 1. The Kier molecular flexibility index (Phi) is 4.44. The van der Waals surface area contributed by atoms with E-state index in [9.17, 15) is 27.2 Å². The number of halogens is 4. The molecule has 0 radical (unpaired) electrons. The molecule has 1 unspecified atom stereocenters. The molecule has 0 aliphatic carbocycles. The molecule has 27 heavy (non-hydrogen) atoms. The summed E-state index contributed by atoms with van der Waals surface area (Å²) in [5.74, 6) is -3.23. The van der Waals surface area contributed by atoms with E-state index in [-0.39, 0.29) is 12.2 Å². The van der Waals surface area contributed by atoms with Gasteiger partial charge in [0.1, 0.15) is 5.82 Å². The second-order valence-electron chi connectivity index (χ2n) is 6.44. The van der Waals surface area contributed by atoms with Crippen molar-refractivity contribution in [1.82, 2.24) is 14.7 Å². The summed E-state index contributed by atoms with van der Waals surface area (Å²) in [5.41, 5.74) is -2.18. The Balaban J connectivity index is 1.87. The molecule has 2 heterocycles. The van der Waals surface area contributed by atoms with E-state index < -0.39 is 42.3 Å². The van der Waals surface area contributed by atoms with Gasteiger partial charge in [-0.25, -0.2) is 9.07 Å². The molecule has 6 nitrogen and oxygen atoms in total. The SMILES string of the molecule is Cc1cn(-c2ccc(F)cc2)nc1C(=O)N1CCC(C(=O)O)(C(F)(F)F)C1. The molecule has 0 bridgehead atoms. The van der Waals surface area contributed by atoms with Crippen molar-refractivity contribution in [3.05, 3.63) is 47.5 Å². The van der Waals surface area contributed by atoms with Crippen molar-refractivity contribution < 1.29 is 32.3 Å². The van der Waals surface area contributed by atoms with Gasteiger partial charge in [0.2, 0.25) is 0 Å². The monoisotopic (exact) mass is 385 g/mol. The van der Waals surface area contributed by atoms with Crippen LogP contribution in [0.2, 0.25) is 0 Å². The van der Waals surface area contributed by atoms with E-state index in [1.807, 2.05) is 0 Å². The zero-order chi connectivity index (χ0) is 20.0. The van der Waals surface area contributed by atoms with Gasteiger partial charge in [-0.3, -0.25) is 9.59 Å². The van der Waals surface area contributed by atoms with Crippen LogP contribution in [0, 0.1) is 18.2 Å². The summed E-state index contributed by atoms with van der Waals surface area (Å²) in [4.78, 5) is 24.7. The van der Waals surface area contributed by atoms with Crippen LogP contribution in [0.1, 0.15) is 22.5 Å². The topological polar surface area (TPSA) is 75.4 Å². The van der Waals surface area contributed by atoms with Gasteiger partial charge in [0.05, 0.1) is 5.69 Å². The maximum atomic E-state index is 13.3. The highest BCUT2D eigenvalue weighted by Crippen LogP contribution is 2.46. The first-order chi connectivity index (χ1) is 12.5. The average Bonchev–Trinajstić information content (AvgIpc) is 3.19. The van der Waals surface area contributed by atoms with Gasteiger partial charge in [0, 0.05) is 24.8 Å². The van der Waals surface area contributed by atoms with Crippen molar-refractivity contribution in [3.8, 4) is 5.69 Å². The Morgan fingerprint density at radius 1 is 1.22 bits per heavy atom. The minimum Gasteiger partial charge on any atom is -0.481 e. The minimum atomic E-state index is -4.98. The van der Waals surface area contributed by atoms with Crippen molar-refractivity contribution in [2.75, 3.05) is 13.1 Å². The third kappa shape index (κ3) is 3.15. The molecule has 1 aromatic carbocycles. The Labute approximate surface area is 151 Å². The number of likely N-dealkylation sites (tertiary alicyclic amines) is 1. The van der Waals surface area contributed by atoms with Gasteiger partial charge >= 0.3 is 12.1 Å². The van der Waals surface area contributed by atoms with Gasteiger partial charge in [-0.15, -0.1) is 0 Å². The molecule has 2 aromatic rings. The van der Waals surface area contributed by atoms with Crippen LogP contribution in [0.15, 0.2) is 30.5 Å². The van der Waals surface area contributed by atoms with Crippen LogP contribution in [0.25, 0.3) is 5.69 Å². The van der Waals surface area contributed by atoms with E-state index in [4.69, 9.17) is 5.11 Å². The Morgan fingerprint density at radius 2 is 1.85 bits per heavy atom. The Bertz CT molecular complexity index is 892. The highest BCUT2D eigenvalue weighted by Gasteiger charge is 2.64. The number of alkyl halides is 3. The first kappa shape index (κ1) is 18.9. The first-order valence-electron chi connectivity index (χ1n) is 7.97. The number of aliphatic carboxylic acids is 1. The van der Waals surface area contributed by atoms with E-state index >= 15 is 0 Å². The fraction of sp³-hybridized carbons (Fsp3) is 0.353. The predicted molar refractivity (Wildman–Crippen MR) is 84.9 cm³/mol. The maximum absolute atomic E-state index is 13.3. The van der Waals surface area contributed by atoms with Crippen LogP contribution in [0.4, 0.5) is 17.6 Å². The van der Waals surface area contributed by atoms with Crippen molar-refractivity contribution in [2.45, 2.75) is 19.5 Å². The number of nitrogens with zero attached hydrogens (tertiary/aromatic N) is 3. The van der Waals surface area contributed by atoms with Crippen molar-refractivity contribution in [1.29, 1.82) is 0 Å². The van der Waals surface area contributed by atoms with Crippen LogP contribution < -0.4 is 0 Å². The fourth-order valence-corrected chi connectivity index (χ4v) is 3.06. The number of carboxylic acid groups (broad SMARTS) is 1. The van der Waals surface area contributed by atoms with Gasteiger partial charge in [-0.2, -0.15) is 18.3 Å². The third-order valence-corrected chi connectivity index (χ3v) is 4.70. The maximum Gasteiger partial charge on any atom is 0.406 e. The molecule has 1 aromatic heterocycles. The van der Waals surface area contributed by atoms with Crippen molar-refractivity contribution in [3.63, 3.8) is 0 Å². The lowest BCUT2D eigenvalue weighted by atomic mass is 9.86. The largest absolute Gasteiger partial charge is 0.481 e. The van der Waals surface area contributed by atoms with Crippen LogP contribution in [0.3, 0.4) is 0 Å². The quantitative estimate of drug-likeness (QED) is 0.825. The van der Waals surface area contributed by atoms with Gasteiger partial charge in [-0.05, 0) is 37.6 Å². The van der Waals surface area contributed by atoms with E-state index in [2.05, 4.69) is 5.10 Å². The second kappa shape index (κ2) is 6.36. The van der Waals surface area contributed by atoms with Gasteiger partial charge in [0.25, 0.3) is 5.91 Å². The standard InChI is InChI=1S/C17H15F4N3O3/c1-10-8-24(12-4-2-11(18)3-5-12)22-13(10)14(25)23-7-6-16(9-23,15(26)27)17(19,20)21/h2-5,8H,6-7,9H2,1H3,(H,26,27). The third-order valence-electron chi connectivity index (χ3n) is 4.70. The number of aromatic nitrogens is 2. The molecule has 1 saturated heterocycles. The average molecular weight is 385 g/mol. The molecule has 0 saturated carbocycles. The van der Waals surface area contributed by atoms with Crippen LogP contribution in [0.5, 0.6) is 0 Å². The van der Waals surface area contributed by atoms with Crippen LogP contribution in [-0.2, 0) is 4.79 Å². The molecule has 1 atom stereocenters. The molecular weight excluding hydrogens is 370 g/mol. The molecule has 1 fully saturated rings. The summed E-state index contributed by atoms with van der Waals surface area (Å²) in [6.07, 6.45) is -4.20. The Hall–Kier alpha value is -2.91. The number of hydrogen-bond acceptors (Lipinski definition) is 3. The molecule has 10 heteroatoms. The number of benzene rings is 1. The van der Waals surface area contributed by atoms with Crippen LogP contribution >= 0.6 is 0 Å². The fourth-order valence-electron chi connectivity index (χ4n) is 3.06. The highest BCUT2D eigenvalue weighted by atomic mass is 19.4. The van der Waals surface area contributed by atoms with E-state index in [1.54, 1.807) is 6.92 Å². The van der Waals surface area contributed by atoms with E-state index in [0.29, 0.717) is 11.3 Å². The predicted octanol–water partition coefficient (Wildman–Crippen LogP) is 2.80. The summed E-state index contributed by atoms with van der Waals surface area (Å²) in [7, 11) is 0. The molecule has 1 aliphatic rings. The normalized spacial score (nSPS) is 20.1. The molecule has 0 spiro atoms. The first-order valence-corrected chi connectivity index (χ1v) is 7.97. The number of carboxylic acids is 1. The van der Waals surface area contributed by atoms with Gasteiger partial charge in [-0.1, -0.05) is 0 Å². The highest BCUT2D eigenvalue weighted by molar-refractivity contribution is 5.94. The zero-order valence-corrected chi connectivity index (χ0v) is 14.1. The molecule has 1 amide bonds. The molecule has 144 valence electrons. The molecule has 1 N–H and O–H groups in total.